The Morgan fingerprint density at radius 2 is 1.87 bits per heavy atom. The molecule has 3 saturated carbocycles. The Balaban J connectivity index is 1.46. The molecular formula is C30H50O. The van der Waals surface area contributed by atoms with Crippen LogP contribution in [-0.4, -0.2) is 11.2 Å². The molecule has 4 aliphatic rings. The van der Waals surface area contributed by atoms with Crippen molar-refractivity contribution in [3.8, 4) is 0 Å². The Morgan fingerprint density at radius 1 is 1.10 bits per heavy atom. The van der Waals surface area contributed by atoms with Crippen LogP contribution in [0.4, 0.5) is 0 Å². The number of hydrogen-bond donors (Lipinski definition) is 1. The Morgan fingerprint density at radius 3 is 2.58 bits per heavy atom. The van der Waals surface area contributed by atoms with Gasteiger partial charge in [-0.2, -0.15) is 0 Å². The highest BCUT2D eigenvalue weighted by Gasteiger charge is 2.59. The SMILES string of the molecule is C/C=C(\CC)[C@H](C)CC[C@@H](C)[C@H]1CC[C@H]2[C@H]3CC=C4C[C@@H](O)CC[C@@]4(C)[C@H]3CC[C@]12C. The number of rotatable bonds is 6. The molecule has 1 heteroatoms. The van der Waals surface area contributed by atoms with Crippen LogP contribution < -0.4 is 0 Å². The normalized spacial score (nSPS) is 44.7. The zero-order chi connectivity index (χ0) is 22.4. The monoisotopic (exact) mass is 426 g/mol. The Labute approximate surface area is 193 Å². The maximum absolute atomic E-state index is 10.3. The second-order valence-electron chi connectivity index (χ2n) is 12.6. The van der Waals surface area contributed by atoms with Crippen LogP contribution >= 0.6 is 0 Å². The molecule has 1 N–H and O–H groups in total. The summed E-state index contributed by atoms with van der Waals surface area (Å²) < 4.78 is 0. The quantitative estimate of drug-likeness (QED) is 0.423. The van der Waals surface area contributed by atoms with Gasteiger partial charge in [0.1, 0.15) is 0 Å². The van der Waals surface area contributed by atoms with E-state index in [2.05, 4.69) is 53.7 Å². The highest BCUT2D eigenvalue weighted by Crippen LogP contribution is 2.67. The molecule has 0 bridgehead atoms. The van der Waals surface area contributed by atoms with E-state index in [0.29, 0.717) is 10.8 Å². The van der Waals surface area contributed by atoms with Gasteiger partial charge in [0.05, 0.1) is 6.10 Å². The molecule has 0 aromatic rings. The van der Waals surface area contributed by atoms with E-state index in [1.54, 1.807) is 11.1 Å². The molecule has 0 saturated heterocycles. The van der Waals surface area contributed by atoms with Gasteiger partial charge in [-0.15, -0.1) is 0 Å². The minimum Gasteiger partial charge on any atom is -0.393 e. The molecule has 0 spiro atoms. The van der Waals surface area contributed by atoms with E-state index in [1.165, 1.54) is 57.8 Å². The maximum Gasteiger partial charge on any atom is 0.0577 e. The molecule has 0 aromatic heterocycles. The second kappa shape index (κ2) is 9.00. The fraction of sp³-hybridized carbons (Fsp3) is 0.867. The minimum atomic E-state index is -0.0837. The van der Waals surface area contributed by atoms with Gasteiger partial charge < -0.3 is 5.11 Å². The predicted molar refractivity (Wildman–Crippen MR) is 133 cm³/mol. The molecule has 0 aliphatic heterocycles. The number of hydrogen-bond acceptors (Lipinski definition) is 1. The van der Waals surface area contributed by atoms with Crippen LogP contribution in [0.1, 0.15) is 112 Å². The van der Waals surface area contributed by atoms with Crippen molar-refractivity contribution in [3.05, 3.63) is 23.3 Å². The molecule has 176 valence electrons. The lowest BCUT2D eigenvalue weighted by atomic mass is 9.47. The molecule has 0 heterocycles. The molecule has 0 unspecified atom stereocenters. The molecule has 9 atom stereocenters. The van der Waals surface area contributed by atoms with Gasteiger partial charge in [-0.3, -0.25) is 0 Å². The minimum absolute atomic E-state index is 0.0837. The molecule has 3 fully saturated rings. The summed E-state index contributed by atoms with van der Waals surface area (Å²) in [6, 6.07) is 0. The molecule has 0 aromatic carbocycles. The van der Waals surface area contributed by atoms with E-state index < -0.39 is 0 Å². The van der Waals surface area contributed by atoms with Gasteiger partial charge in [0.2, 0.25) is 0 Å². The summed E-state index contributed by atoms with van der Waals surface area (Å²) >= 11 is 0. The van der Waals surface area contributed by atoms with Gasteiger partial charge in [-0.1, -0.05) is 57.9 Å². The van der Waals surface area contributed by atoms with E-state index in [1.807, 2.05) is 0 Å². The van der Waals surface area contributed by atoms with Gasteiger partial charge in [-0.25, -0.2) is 0 Å². The van der Waals surface area contributed by atoms with Crippen molar-refractivity contribution >= 4 is 0 Å². The lowest BCUT2D eigenvalue weighted by Gasteiger charge is -2.58. The molecule has 4 rings (SSSR count). The Hall–Kier alpha value is -0.560. The third-order valence-electron chi connectivity index (χ3n) is 11.3. The van der Waals surface area contributed by atoms with Crippen molar-refractivity contribution in [2.75, 3.05) is 0 Å². The van der Waals surface area contributed by atoms with Crippen LogP contribution in [0.5, 0.6) is 0 Å². The number of fused-ring (bicyclic) bond motifs is 5. The van der Waals surface area contributed by atoms with Crippen LogP contribution in [0.2, 0.25) is 0 Å². The van der Waals surface area contributed by atoms with E-state index >= 15 is 0 Å². The number of aliphatic hydroxyl groups is 1. The zero-order valence-corrected chi connectivity index (χ0v) is 21.4. The van der Waals surface area contributed by atoms with E-state index in [-0.39, 0.29) is 6.10 Å². The standard InChI is InChI=1S/C30H50O/c1-7-22(8-2)20(3)9-10-21(4)26-13-14-27-25-12-11-23-19-24(31)15-17-29(23,5)28(25)16-18-30(26,27)6/h7,11,20-21,24-28,31H,8-10,12-19H2,1-6H3/b22-7+/t20-,21-,24+,25-,26-,27+,28+,29-,30-/m1/s1. The fourth-order valence-electron chi connectivity index (χ4n) is 9.35. The predicted octanol–water partition coefficient (Wildman–Crippen LogP) is 8.34. The zero-order valence-electron chi connectivity index (χ0n) is 21.4. The second-order valence-corrected chi connectivity index (χ2v) is 12.6. The van der Waals surface area contributed by atoms with Gasteiger partial charge in [0, 0.05) is 0 Å². The first-order valence-electron chi connectivity index (χ1n) is 13.8. The van der Waals surface area contributed by atoms with Crippen molar-refractivity contribution in [1.29, 1.82) is 0 Å². The van der Waals surface area contributed by atoms with Crippen LogP contribution in [0.3, 0.4) is 0 Å². The maximum atomic E-state index is 10.3. The summed E-state index contributed by atoms with van der Waals surface area (Å²) in [5.74, 6) is 5.23. The number of allylic oxidation sites excluding steroid dienone is 3. The first kappa shape index (κ1) is 23.6. The molecule has 0 radical (unpaired) electrons. The third-order valence-corrected chi connectivity index (χ3v) is 11.3. The average Bonchev–Trinajstić information content (AvgIpc) is 3.10. The van der Waals surface area contributed by atoms with Crippen LogP contribution in [-0.2, 0) is 0 Å². The van der Waals surface area contributed by atoms with Crippen LogP contribution in [0.15, 0.2) is 23.3 Å². The van der Waals surface area contributed by atoms with Crippen molar-refractivity contribution < 1.29 is 5.11 Å². The third kappa shape index (κ3) is 4.00. The van der Waals surface area contributed by atoms with Gasteiger partial charge in [0.25, 0.3) is 0 Å². The highest BCUT2D eigenvalue weighted by molar-refractivity contribution is 5.25. The fourth-order valence-corrected chi connectivity index (χ4v) is 9.35. The Kier molecular flexibility index (Phi) is 6.85. The van der Waals surface area contributed by atoms with Crippen LogP contribution in [0, 0.1) is 46.3 Å². The first-order valence-corrected chi connectivity index (χ1v) is 13.8. The van der Waals surface area contributed by atoms with Crippen molar-refractivity contribution in [1.82, 2.24) is 0 Å². The molecular weight excluding hydrogens is 376 g/mol. The summed E-state index contributed by atoms with van der Waals surface area (Å²) in [5.41, 5.74) is 4.21. The summed E-state index contributed by atoms with van der Waals surface area (Å²) in [7, 11) is 0. The lowest BCUT2D eigenvalue weighted by molar-refractivity contribution is -0.0573. The summed E-state index contributed by atoms with van der Waals surface area (Å²) in [6.45, 7) is 14.8. The summed E-state index contributed by atoms with van der Waals surface area (Å²) in [4.78, 5) is 0. The molecule has 0 amide bonds. The summed E-state index contributed by atoms with van der Waals surface area (Å²) in [5, 5.41) is 10.3. The largest absolute Gasteiger partial charge is 0.393 e. The summed E-state index contributed by atoms with van der Waals surface area (Å²) in [6.07, 6.45) is 19.1. The topological polar surface area (TPSA) is 20.2 Å². The van der Waals surface area contributed by atoms with Crippen molar-refractivity contribution in [2.24, 2.45) is 46.3 Å². The molecule has 31 heavy (non-hydrogen) atoms. The first-order chi connectivity index (χ1) is 14.7. The van der Waals surface area contributed by atoms with Gasteiger partial charge >= 0.3 is 0 Å². The smallest absolute Gasteiger partial charge is 0.0577 e. The number of aliphatic hydroxyl groups excluding tert-OH is 1. The van der Waals surface area contributed by atoms with Crippen molar-refractivity contribution in [2.45, 2.75) is 118 Å². The van der Waals surface area contributed by atoms with Gasteiger partial charge in [-0.05, 0) is 124 Å². The highest BCUT2D eigenvalue weighted by atomic mass is 16.3. The van der Waals surface area contributed by atoms with Gasteiger partial charge in [0.15, 0.2) is 0 Å². The molecule has 1 nitrogen and oxygen atoms in total. The average molecular weight is 427 g/mol. The lowest BCUT2D eigenvalue weighted by Crippen LogP contribution is -2.50. The van der Waals surface area contributed by atoms with E-state index in [4.69, 9.17) is 0 Å². The van der Waals surface area contributed by atoms with E-state index in [0.717, 1.165) is 48.3 Å². The Bertz CT molecular complexity index is 703. The van der Waals surface area contributed by atoms with Crippen molar-refractivity contribution in [3.63, 3.8) is 0 Å². The van der Waals surface area contributed by atoms with E-state index in [9.17, 15) is 5.11 Å². The molecule has 4 aliphatic carbocycles. The van der Waals surface area contributed by atoms with Crippen LogP contribution in [0.25, 0.3) is 0 Å².